The first-order chi connectivity index (χ1) is 18.3. The van der Waals surface area contributed by atoms with Gasteiger partial charge in [-0.2, -0.15) is 11.6 Å². The summed E-state index contributed by atoms with van der Waals surface area (Å²) >= 11 is 1.55. The Kier molecular flexibility index (Phi) is 11.3. The zero-order valence-electron chi connectivity index (χ0n) is 28.0. The average Bonchev–Trinajstić information content (AvgIpc) is 3.46. The van der Waals surface area contributed by atoms with Crippen LogP contribution < -0.4 is 24.8 Å². The van der Waals surface area contributed by atoms with Crippen LogP contribution in [0.5, 0.6) is 0 Å². The van der Waals surface area contributed by atoms with E-state index in [-0.39, 0.29) is 35.6 Å². The minimum atomic E-state index is 0. The van der Waals surface area contributed by atoms with Crippen molar-refractivity contribution in [2.75, 3.05) is 0 Å². The molecular weight excluding hydrogens is 631 g/mol. The maximum Gasteiger partial charge on any atom is -1.00 e. The number of hydrogen-bond acceptors (Lipinski definition) is 0. The van der Waals surface area contributed by atoms with E-state index >= 15 is 0 Å². The van der Waals surface area contributed by atoms with Crippen molar-refractivity contribution in [1.29, 1.82) is 0 Å². The molecule has 0 aromatic heterocycles. The fourth-order valence-electron chi connectivity index (χ4n) is 6.87. The zero-order valence-corrected chi connectivity index (χ0v) is 31.9. The molecule has 0 aliphatic heterocycles. The van der Waals surface area contributed by atoms with Crippen LogP contribution in [0.3, 0.4) is 0 Å². The van der Waals surface area contributed by atoms with Crippen LogP contribution in [0.15, 0.2) is 59.7 Å². The molecule has 3 heteroatoms. The number of allylic oxidation sites excluding steroid dienone is 8. The Labute approximate surface area is 283 Å². The number of hydrogen-bond donors (Lipinski definition) is 0. The van der Waals surface area contributed by atoms with Gasteiger partial charge in [0.1, 0.15) is 0 Å². The molecule has 3 aliphatic carbocycles. The van der Waals surface area contributed by atoms with Gasteiger partial charge in [0, 0.05) is 10.8 Å². The number of halogens is 2. The van der Waals surface area contributed by atoms with Crippen molar-refractivity contribution in [3.05, 3.63) is 88.0 Å². The first kappa shape index (κ1) is 36.8. The molecule has 0 radical (unpaired) electrons. The summed E-state index contributed by atoms with van der Waals surface area (Å²) in [4.78, 5) is 0. The molecule has 0 saturated heterocycles. The minimum absolute atomic E-state index is 0. The molecule has 6 rings (SSSR count). The van der Waals surface area contributed by atoms with E-state index in [1.165, 1.54) is 69.3 Å². The maximum atomic E-state index is 3.40. The van der Waals surface area contributed by atoms with Crippen molar-refractivity contribution in [3.63, 3.8) is 0 Å². The molecule has 42 heavy (non-hydrogen) atoms. The van der Waals surface area contributed by atoms with E-state index < -0.39 is 0 Å². The molecule has 0 N–H and O–H groups in total. The van der Waals surface area contributed by atoms with Crippen LogP contribution in [-0.2, 0) is 35.1 Å². The van der Waals surface area contributed by atoms with E-state index in [1.807, 2.05) is 0 Å². The zero-order chi connectivity index (χ0) is 29.9. The van der Waals surface area contributed by atoms with Crippen molar-refractivity contribution < 1.29 is 49.0 Å². The van der Waals surface area contributed by atoms with E-state index in [1.54, 1.807) is 24.2 Å². The quantitative estimate of drug-likeness (QED) is 0.287. The Balaban J connectivity index is 0.000000307. The fourth-order valence-corrected chi connectivity index (χ4v) is 6.87. The third-order valence-corrected chi connectivity index (χ3v) is 8.45. The molecule has 224 valence electrons. The Morgan fingerprint density at radius 1 is 0.786 bits per heavy atom. The van der Waals surface area contributed by atoms with Gasteiger partial charge in [-0.1, -0.05) is 109 Å². The summed E-state index contributed by atoms with van der Waals surface area (Å²) in [7, 11) is 0. The van der Waals surface area contributed by atoms with Gasteiger partial charge in [-0.05, 0) is 36.1 Å². The first-order valence-corrected chi connectivity index (χ1v) is 16.0. The van der Waals surface area contributed by atoms with Gasteiger partial charge >= 0.3 is 41.3 Å². The molecule has 0 amide bonds. The standard InChI is InChI=1S/C25H25.C11H17.C3H6.2ClH.Zr/c1-14-12-24(3,4)22-8-16-7-17-9-23-19(15(2)13-25(23,5)6)11-21(17)20(16)10-18(14)22;1-8-6-9(2)10(7-8)11(3,4)5;1-3-2;;;/h7-13H,1-6H3;7-8H,1-5H3;1-2H3;2*1H;/q2*-1;;;;+2/p-2. The molecule has 1 unspecified atom stereocenters. The molecule has 1 atom stereocenters. The maximum absolute atomic E-state index is 3.40. The van der Waals surface area contributed by atoms with Crippen LogP contribution in [0.25, 0.3) is 32.7 Å². The van der Waals surface area contributed by atoms with Crippen LogP contribution in [-0.4, -0.2) is 3.21 Å². The molecule has 0 nitrogen and oxygen atoms in total. The molecule has 3 aromatic carbocycles. The van der Waals surface area contributed by atoms with Gasteiger partial charge in [-0.3, -0.25) is 6.08 Å². The predicted molar refractivity (Wildman–Crippen MR) is 176 cm³/mol. The Bertz CT molecular complexity index is 1550. The van der Waals surface area contributed by atoms with E-state index in [9.17, 15) is 0 Å². The van der Waals surface area contributed by atoms with Crippen LogP contribution in [0.1, 0.15) is 112 Å². The number of rotatable bonds is 0. The van der Waals surface area contributed by atoms with Gasteiger partial charge in [-0.15, -0.1) is 39.7 Å². The van der Waals surface area contributed by atoms with Crippen molar-refractivity contribution in [1.82, 2.24) is 0 Å². The van der Waals surface area contributed by atoms with Crippen LogP contribution in [0.2, 0.25) is 0 Å². The summed E-state index contributed by atoms with van der Waals surface area (Å²) in [5, 5.41) is 5.57. The van der Waals surface area contributed by atoms with Gasteiger partial charge in [0.25, 0.3) is 0 Å². The van der Waals surface area contributed by atoms with Crippen molar-refractivity contribution in [3.8, 4) is 0 Å². The monoisotopic (exact) mass is 676 g/mol. The molecule has 0 spiro atoms. The summed E-state index contributed by atoms with van der Waals surface area (Å²) in [5.74, 6) is 0.518. The van der Waals surface area contributed by atoms with Gasteiger partial charge < -0.3 is 24.8 Å². The summed E-state index contributed by atoms with van der Waals surface area (Å²) < 4.78 is 1.51. The molecule has 0 saturated carbocycles. The molecular formula is C39H48Cl2Zr-2. The smallest absolute Gasteiger partial charge is 1.00 e. The predicted octanol–water partition coefficient (Wildman–Crippen LogP) is 5.21. The van der Waals surface area contributed by atoms with Crippen molar-refractivity contribution in [2.24, 2.45) is 11.3 Å². The molecule has 3 aliphatic rings. The van der Waals surface area contributed by atoms with E-state index in [2.05, 4.69) is 145 Å². The minimum Gasteiger partial charge on any atom is -1.00 e. The van der Waals surface area contributed by atoms with Crippen LogP contribution >= 0.6 is 0 Å². The summed E-state index contributed by atoms with van der Waals surface area (Å²) in [5.41, 5.74) is 12.0. The SMILES string of the molecule is CC1=CC(C)(C)c2cc3[cH-]c4cc5c(cc4c3cc21)C(C)=CC5(C)C.CC1=[C-]C(C)C=C1C(C)(C)C.C[C](C)=[Zr+2].[Cl-].[Cl-]. The summed E-state index contributed by atoms with van der Waals surface area (Å²) in [6.07, 6.45) is 10.5. The van der Waals surface area contributed by atoms with Crippen molar-refractivity contribution >= 4 is 35.9 Å². The third kappa shape index (κ3) is 7.28. The average molecular weight is 679 g/mol. The second kappa shape index (κ2) is 12.9. The van der Waals surface area contributed by atoms with E-state index in [4.69, 9.17) is 0 Å². The van der Waals surface area contributed by atoms with Gasteiger partial charge in [-0.25, -0.2) is 5.57 Å². The summed E-state index contributed by atoms with van der Waals surface area (Å²) in [6.45, 7) is 29.1. The number of fused-ring (bicyclic) bond motifs is 5. The van der Waals surface area contributed by atoms with Gasteiger partial charge in [0.15, 0.2) is 0 Å². The Morgan fingerprint density at radius 2 is 1.17 bits per heavy atom. The van der Waals surface area contributed by atoms with Gasteiger partial charge in [0.05, 0.1) is 0 Å². The Morgan fingerprint density at radius 3 is 1.45 bits per heavy atom. The second-order valence-corrected chi connectivity index (χ2v) is 17.1. The molecule has 0 fully saturated rings. The Hall–Kier alpha value is -1.40. The van der Waals surface area contributed by atoms with Crippen molar-refractivity contribution in [2.45, 2.75) is 101 Å². The fraction of sp³-hybridized carbons (Fsp3) is 0.436. The summed E-state index contributed by atoms with van der Waals surface area (Å²) in [6, 6.07) is 12.1. The number of benzene rings is 2. The molecule has 0 bridgehead atoms. The first-order valence-electron chi connectivity index (χ1n) is 14.8. The normalized spacial score (nSPS) is 19.1. The largest absolute Gasteiger partial charge is 1.00 e. The second-order valence-electron chi connectivity index (χ2n) is 14.6. The topological polar surface area (TPSA) is 0 Å². The van der Waals surface area contributed by atoms with Crippen LogP contribution in [0, 0.1) is 17.4 Å². The van der Waals surface area contributed by atoms with E-state index in [0.717, 1.165) is 0 Å². The third-order valence-electron chi connectivity index (χ3n) is 8.45. The van der Waals surface area contributed by atoms with E-state index in [0.29, 0.717) is 11.3 Å². The molecule has 0 heterocycles. The van der Waals surface area contributed by atoms with Gasteiger partial charge in [0.2, 0.25) is 0 Å². The molecule has 3 aromatic rings. The van der Waals surface area contributed by atoms with Crippen LogP contribution in [0.4, 0.5) is 0 Å².